The lowest BCUT2D eigenvalue weighted by Crippen LogP contribution is -2.56. The third kappa shape index (κ3) is 3.37. The Morgan fingerprint density at radius 1 is 1.58 bits per heavy atom. The highest BCUT2D eigenvalue weighted by Crippen LogP contribution is 2.35. The minimum atomic E-state index is 0.123. The molecule has 2 unspecified atom stereocenters. The zero-order valence-corrected chi connectivity index (χ0v) is 12.9. The highest BCUT2D eigenvalue weighted by Gasteiger charge is 2.39. The van der Waals surface area contributed by atoms with E-state index in [9.17, 15) is 0 Å². The predicted molar refractivity (Wildman–Crippen MR) is 81.5 cm³/mol. The number of hydrogen-bond donors (Lipinski definition) is 1. The first-order chi connectivity index (χ1) is 9.24. The average molecular weight is 282 g/mol. The zero-order valence-electron chi connectivity index (χ0n) is 12.1. The minimum Gasteiger partial charge on any atom is -0.381 e. The first-order valence-electron chi connectivity index (χ1n) is 7.24. The molecular weight excluding hydrogens is 256 g/mol. The molecule has 1 aliphatic carbocycles. The number of nitrogens with two attached hydrogens (primary N) is 1. The fourth-order valence-electron chi connectivity index (χ4n) is 3.30. The van der Waals surface area contributed by atoms with Gasteiger partial charge in [0.05, 0.1) is 6.10 Å². The third-order valence-electron chi connectivity index (χ3n) is 4.47. The molecule has 0 bridgehead atoms. The van der Waals surface area contributed by atoms with Crippen molar-refractivity contribution >= 4 is 11.3 Å². The third-order valence-corrected chi connectivity index (χ3v) is 5.33. The van der Waals surface area contributed by atoms with Gasteiger partial charge >= 0.3 is 0 Å². The van der Waals surface area contributed by atoms with Gasteiger partial charge < -0.3 is 10.5 Å². The Labute approximate surface area is 120 Å². The molecule has 0 aliphatic heterocycles. The van der Waals surface area contributed by atoms with Gasteiger partial charge in [-0.25, -0.2) is 0 Å². The maximum atomic E-state index is 6.17. The van der Waals surface area contributed by atoms with Gasteiger partial charge in [-0.2, -0.15) is 0 Å². The fourth-order valence-corrected chi connectivity index (χ4v) is 4.01. The Kier molecular flexibility index (Phi) is 5.39. The van der Waals surface area contributed by atoms with Crippen molar-refractivity contribution < 1.29 is 4.74 Å². The van der Waals surface area contributed by atoms with E-state index in [-0.39, 0.29) is 5.54 Å². The zero-order chi connectivity index (χ0) is 13.7. The van der Waals surface area contributed by atoms with Crippen molar-refractivity contribution in [2.45, 2.75) is 50.8 Å². The normalized spacial score (nSPS) is 27.9. The van der Waals surface area contributed by atoms with E-state index < -0.39 is 0 Å². The van der Waals surface area contributed by atoms with Crippen molar-refractivity contribution in [2.75, 3.05) is 20.2 Å². The second kappa shape index (κ2) is 6.84. The molecule has 1 heterocycles. The molecule has 0 radical (unpaired) electrons. The van der Waals surface area contributed by atoms with E-state index in [2.05, 4.69) is 29.3 Å². The molecule has 4 heteroatoms. The Morgan fingerprint density at radius 3 is 3.00 bits per heavy atom. The maximum absolute atomic E-state index is 6.17. The highest BCUT2D eigenvalue weighted by molar-refractivity contribution is 7.09. The van der Waals surface area contributed by atoms with Crippen LogP contribution in [-0.4, -0.2) is 36.7 Å². The fraction of sp³-hybridized carbons (Fsp3) is 0.733. The van der Waals surface area contributed by atoms with Gasteiger partial charge in [-0.05, 0) is 43.7 Å². The minimum absolute atomic E-state index is 0.123. The Hall–Kier alpha value is -0.420. The van der Waals surface area contributed by atoms with Crippen LogP contribution >= 0.6 is 11.3 Å². The summed E-state index contributed by atoms with van der Waals surface area (Å²) in [5.41, 5.74) is 6.29. The summed E-state index contributed by atoms with van der Waals surface area (Å²) in [4.78, 5) is 3.98. The number of likely N-dealkylation sites (N-methyl/N-ethyl adjacent to an activating group) is 1. The molecule has 1 fully saturated rings. The lowest BCUT2D eigenvalue weighted by Gasteiger charge is -2.47. The van der Waals surface area contributed by atoms with E-state index in [0.717, 1.165) is 26.1 Å². The Morgan fingerprint density at radius 2 is 2.42 bits per heavy atom. The molecule has 108 valence electrons. The van der Waals surface area contributed by atoms with Crippen LogP contribution in [0.15, 0.2) is 17.5 Å². The van der Waals surface area contributed by atoms with E-state index >= 15 is 0 Å². The van der Waals surface area contributed by atoms with Gasteiger partial charge in [0.15, 0.2) is 0 Å². The van der Waals surface area contributed by atoms with Crippen molar-refractivity contribution in [3.8, 4) is 0 Å². The largest absolute Gasteiger partial charge is 0.381 e. The summed E-state index contributed by atoms with van der Waals surface area (Å²) in [6.07, 6.45) is 5.03. The molecule has 0 saturated heterocycles. The van der Waals surface area contributed by atoms with Crippen LogP contribution in [-0.2, 0) is 11.3 Å². The molecule has 0 amide bonds. The number of hydrogen-bond acceptors (Lipinski definition) is 4. The second-order valence-corrected chi connectivity index (χ2v) is 6.51. The van der Waals surface area contributed by atoms with Gasteiger partial charge in [-0.3, -0.25) is 4.90 Å². The molecule has 2 atom stereocenters. The highest BCUT2D eigenvalue weighted by atomic mass is 32.1. The summed E-state index contributed by atoms with van der Waals surface area (Å²) in [5.74, 6) is 0. The molecule has 0 aromatic carbocycles. The molecular formula is C15H26N2OS. The number of rotatable bonds is 6. The van der Waals surface area contributed by atoms with Crippen LogP contribution in [0, 0.1) is 0 Å². The smallest absolute Gasteiger partial charge is 0.0589 e. The molecule has 1 aromatic rings. The van der Waals surface area contributed by atoms with Crippen molar-refractivity contribution in [3.05, 3.63) is 22.4 Å². The Balaban J connectivity index is 2.12. The van der Waals surface area contributed by atoms with Crippen LogP contribution in [0.4, 0.5) is 0 Å². The molecule has 0 spiro atoms. The van der Waals surface area contributed by atoms with Gasteiger partial charge in [-0.15, -0.1) is 11.3 Å². The van der Waals surface area contributed by atoms with Crippen molar-refractivity contribution in [1.82, 2.24) is 4.90 Å². The molecule has 2 rings (SSSR count). The first-order valence-corrected chi connectivity index (χ1v) is 8.12. The standard InChI is InChI=1S/C15H26N2OS/c1-3-17(11-14-7-5-9-19-14)15(12-16)8-4-6-13(10-15)18-2/h5,7,9,13H,3-4,6,8,10-12,16H2,1-2H3. The van der Waals surface area contributed by atoms with Gasteiger partial charge in [0.2, 0.25) is 0 Å². The quantitative estimate of drug-likeness (QED) is 0.872. The van der Waals surface area contributed by atoms with Crippen LogP contribution in [0.3, 0.4) is 0 Å². The summed E-state index contributed by atoms with van der Waals surface area (Å²) in [6, 6.07) is 4.34. The van der Waals surface area contributed by atoms with Gasteiger partial charge in [0, 0.05) is 30.6 Å². The summed E-state index contributed by atoms with van der Waals surface area (Å²) in [5, 5.41) is 2.15. The van der Waals surface area contributed by atoms with Crippen molar-refractivity contribution in [2.24, 2.45) is 5.73 Å². The van der Waals surface area contributed by atoms with E-state index in [4.69, 9.17) is 10.5 Å². The number of thiophene rings is 1. The van der Waals surface area contributed by atoms with E-state index in [0.29, 0.717) is 6.10 Å². The lowest BCUT2D eigenvalue weighted by molar-refractivity contribution is -0.0233. The molecule has 19 heavy (non-hydrogen) atoms. The summed E-state index contributed by atoms with van der Waals surface area (Å²) >= 11 is 1.83. The van der Waals surface area contributed by atoms with Crippen LogP contribution in [0.1, 0.15) is 37.5 Å². The van der Waals surface area contributed by atoms with Crippen LogP contribution < -0.4 is 5.73 Å². The maximum Gasteiger partial charge on any atom is 0.0589 e. The van der Waals surface area contributed by atoms with Gasteiger partial charge in [0.1, 0.15) is 0 Å². The van der Waals surface area contributed by atoms with E-state index in [1.165, 1.54) is 24.1 Å². The molecule has 1 aromatic heterocycles. The van der Waals surface area contributed by atoms with Crippen molar-refractivity contribution in [1.29, 1.82) is 0 Å². The molecule has 2 N–H and O–H groups in total. The number of ether oxygens (including phenoxy) is 1. The summed E-state index contributed by atoms with van der Waals surface area (Å²) < 4.78 is 5.60. The van der Waals surface area contributed by atoms with Gasteiger partial charge in [-0.1, -0.05) is 13.0 Å². The SMILES string of the molecule is CCN(Cc1cccs1)C1(CN)CCCC(OC)C1. The molecule has 3 nitrogen and oxygen atoms in total. The first kappa shape index (κ1) is 15.0. The number of methoxy groups -OCH3 is 1. The molecule has 1 aliphatic rings. The second-order valence-electron chi connectivity index (χ2n) is 5.48. The molecule has 1 saturated carbocycles. The Bertz CT molecular complexity index is 368. The summed E-state index contributed by atoms with van der Waals surface area (Å²) in [6.45, 7) is 5.03. The number of nitrogens with zero attached hydrogens (tertiary/aromatic N) is 1. The topological polar surface area (TPSA) is 38.5 Å². The van der Waals surface area contributed by atoms with Crippen LogP contribution in [0.5, 0.6) is 0 Å². The van der Waals surface area contributed by atoms with Crippen LogP contribution in [0.2, 0.25) is 0 Å². The monoisotopic (exact) mass is 282 g/mol. The van der Waals surface area contributed by atoms with Crippen molar-refractivity contribution in [3.63, 3.8) is 0 Å². The van der Waals surface area contributed by atoms with Gasteiger partial charge in [0.25, 0.3) is 0 Å². The summed E-state index contributed by atoms with van der Waals surface area (Å²) in [7, 11) is 1.83. The average Bonchev–Trinajstić information content (AvgIpc) is 2.97. The van der Waals surface area contributed by atoms with E-state index in [1.807, 2.05) is 18.4 Å². The lowest BCUT2D eigenvalue weighted by atomic mass is 9.78. The van der Waals surface area contributed by atoms with E-state index in [1.54, 1.807) is 0 Å². The van der Waals surface area contributed by atoms with Crippen LogP contribution in [0.25, 0.3) is 0 Å². The predicted octanol–water partition coefficient (Wildman–Crippen LogP) is 2.86.